The topological polar surface area (TPSA) is 29.5 Å². The van der Waals surface area contributed by atoms with E-state index in [4.69, 9.17) is 4.74 Å². The standard InChI is InChI=1S/C12H21NO2/c1-5-11(14)13-8-10(9-13)15-7-6-12(2,3)4/h5,10H,1,6-9H2,2-4H3. The molecule has 0 saturated carbocycles. The average molecular weight is 211 g/mol. The number of rotatable bonds is 4. The van der Waals surface area contributed by atoms with E-state index in [0.29, 0.717) is 5.41 Å². The normalized spacial score (nSPS) is 17.4. The van der Waals surface area contributed by atoms with Crippen molar-refractivity contribution in [3.8, 4) is 0 Å². The summed E-state index contributed by atoms with van der Waals surface area (Å²) < 4.78 is 5.65. The van der Waals surface area contributed by atoms with Crippen LogP contribution in [-0.2, 0) is 9.53 Å². The van der Waals surface area contributed by atoms with Crippen molar-refractivity contribution in [2.24, 2.45) is 5.41 Å². The van der Waals surface area contributed by atoms with E-state index in [1.54, 1.807) is 4.90 Å². The Bertz CT molecular complexity index is 236. The maximum Gasteiger partial charge on any atom is 0.246 e. The lowest BCUT2D eigenvalue weighted by molar-refractivity contribution is -0.140. The Hall–Kier alpha value is -0.830. The first-order valence-corrected chi connectivity index (χ1v) is 5.45. The van der Waals surface area contributed by atoms with Crippen LogP contribution in [0.25, 0.3) is 0 Å². The van der Waals surface area contributed by atoms with Crippen molar-refractivity contribution in [1.82, 2.24) is 4.90 Å². The molecule has 3 heteroatoms. The van der Waals surface area contributed by atoms with Crippen LogP contribution in [0.15, 0.2) is 12.7 Å². The summed E-state index contributed by atoms with van der Waals surface area (Å²) in [6.45, 7) is 12.3. The zero-order valence-corrected chi connectivity index (χ0v) is 9.95. The quantitative estimate of drug-likeness (QED) is 0.664. The molecule has 0 bridgehead atoms. The Labute approximate surface area is 92.1 Å². The molecule has 1 saturated heterocycles. The van der Waals surface area contributed by atoms with Gasteiger partial charge in [0.15, 0.2) is 0 Å². The number of likely N-dealkylation sites (tertiary alicyclic amines) is 1. The molecule has 1 fully saturated rings. The molecule has 1 rings (SSSR count). The summed E-state index contributed by atoms with van der Waals surface area (Å²) in [4.78, 5) is 12.9. The fourth-order valence-corrected chi connectivity index (χ4v) is 1.38. The highest BCUT2D eigenvalue weighted by molar-refractivity contribution is 5.87. The molecule has 3 nitrogen and oxygen atoms in total. The summed E-state index contributed by atoms with van der Waals surface area (Å²) in [6.07, 6.45) is 2.64. The van der Waals surface area contributed by atoms with E-state index in [0.717, 1.165) is 26.1 Å². The first-order chi connectivity index (χ1) is 6.92. The summed E-state index contributed by atoms with van der Waals surface area (Å²) in [5, 5.41) is 0. The fraction of sp³-hybridized carbons (Fsp3) is 0.750. The van der Waals surface area contributed by atoms with Crippen LogP contribution in [-0.4, -0.2) is 36.6 Å². The highest BCUT2D eigenvalue weighted by atomic mass is 16.5. The Morgan fingerprint density at radius 3 is 2.60 bits per heavy atom. The Kier molecular flexibility index (Phi) is 3.91. The molecule has 1 aliphatic heterocycles. The molecule has 0 radical (unpaired) electrons. The van der Waals surface area contributed by atoms with Gasteiger partial charge in [0.1, 0.15) is 0 Å². The molecule has 1 amide bonds. The van der Waals surface area contributed by atoms with Gasteiger partial charge in [-0.2, -0.15) is 0 Å². The second-order valence-electron chi connectivity index (χ2n) is 5.25. The van der Waals surface area contributed by atoms with E-state index < -0.39 is 0 Å². The Morgan fingerprint density at radius 1 is 1.53 bits per heavy atom. The number of carbonyl (C=O) groups is 1. The Morgan fingerprint density at radius 2 is 2.13 bits per heavy atom. The highest BCUT2D eigenvalue weighted by Crippen LogP contribution is 2.20. The van der Waals surface area contributed by atoms with Gasteiger partial charge in [-0.25, -0.2) is 0 Å². The second-order valence-corrected chi connectivity index (χ2v) is 5.25. The van der Waals surface area contributed by atoms with Crippen LogP contribution in [0.2, 0.25) is 0 Å². The monoisotopic (exact) mass is 211 g/mol. The van der Waals surface area contributed by atoms with Gasteiger partial charge in [0.2, 0.25) is 5.91 Å². The minimum atomic E-state index is 0.00525. The van der Waals surface area contributed by atoms with E-state index in [9.17, 15) is 4.79 Å². The third-order valence-corrected chi connectivity index (χ3v) is 2.54. The van der Waals surface area contributed by atoms with Gasteiger partial charge in [0, 0.05) is 19.7 Å². The van der Waals surface area contributed by atoms with Gasteiger partial charge in [-0.05, 0) is 17.9 Å². The number of amides is 1. The molecule has 0 spiro atoms. The molecular formula is C12H21NO2. The van der Waals surface area contributed by atoms with Crippen molar-refractivity contribution in [2.45, 2.75) is 33.3 Å². The lowest BCUT2D eigenvalue weighted by Gasteiger charge is -2.38. The summed E-state index contributed by atoms with van der Waals surface area (Å²) >= 11 is 0. The van der Waals surface area contributed by atoms with Crippen molar-refractivity contribution in [3.63, 3.8) is 0 Å². The van der Waals surface area contributed by atoms with Gasteiger partial charge >= 0.3 is 0 Å². The predicted octanol–water partition coefficient (Wildman–Crippen LogP) is 1.84. The van der Waals surface area contributed by atoms with Crippen LogP contribution < -0.4 is 0 Å². The summed E-state index contributed by atoms with van der Waals surface area (Å²) in [6, 6.07) is 0. The first-order valence-electron chi connectivity index (χ1n) is 5.45. The van der Waals surface area contributed by atoms with Crippen molar-refractivity contribution in [3.05, 3.63) is 12.7 Å². The van der Waals surface area contributed by atoms with Crippen LogP contribution in [0.3, 0.4) is 0 Å². The Balaban J connectivity index is 2.08. The van der Waals surface area contributed by atoms with Crippen LogP contribution in [0.5, 0.6) is 0 Å². The summed E-state index contributed by atoms with van der Waals surface area (Å²) in [5.74, 6) is 0.00525. The van der Waals surface area contributed by atoms with Crippen molar-refractivity contribution in [2.75, 3.05) is 19.7 Å². The molecule has 86 valence electrons. The van der Waals surface area contributed by atoms with Crippen LogP contribution in [0, 0.1) is 5.41 Å². The molecular weight excluding hydrogens is 190 g/mol. The van der Waals surface area contributed by atoms with E-state index in [2.05, 4.69) is 27.4 Å². The molecule has 0 unspecified atom stereocenters. The maximum atomic E-state index is 11.1. The predicted molar refractivity (Wildman–Crippen MR) is 60.6 cm³/mol. The van der Waals surface area contributed by atoms with Gasteiger partial charge in [0.05, 0.1) is 6.10 Å². The van der Waals surface area contributed by atoms with E-state index in [-0.39, 0.29) is 12.0 Å². The number of hydrogen-bond acceptors (Lipinski definition) is 2. The van der Waals surface area contributed by atoms with Gasteiger partial charge < -0.3 is 9.64 Å². The fourth-order valence-electron chi connectivity index (χ4n) is 1.38. The van der Waals surface area contributed by atoms with E-state index >= 15 is 0 Å². The molecule has 0 aliphatic carbocycles. The van der Waals surface area contributed by atoms with Gasteiger partial charge in [-0.3, -0.25) is 4.79 Å². The van der Waals surface area contributed by atoms with Crippen LogP contribution in [0.4, 0.5) is 0 Å². The zero-order valence-electron chi connectivity index (χ0n) is 9.95. The average Bonchev–Trinajstić information content (AvgIpc) is 2.06. The van der Waals surface area contributed by atoms with Gasteiger partial charge in [0.25, 0.3) is 0 Å². The summed E-state index contributed by atoms with van der Waals surface area (Å²) in [7, 11) is 0. The van der Waals surface area contributed by atoms with Crippen molar-refractivity contribution in [1.29, 1.82) is 0 Å². The third kappa shape index (κ3) is 4.04. The first kappa shape index (κ1) is 12.2. The molecule has 15 heavy (non-hydrogen) atoms. The van der Waals surface area contributed by atoms with Gasteiger partial charge in [-0.1, -0.05) is 27.4 Å². The lowest BCUT2D eigenvalue weighted by atomic mass is 9.93. The van der Waals surface area contributed by atoms with Gasteiger partial charge in [-0.15, -0.1) is 0 Å². The largest absolute Gasteiger partial charge is 0.375 e. The van der Waals surface area contributed by atoms with Crippen LogP contribution >= 0.6 is 0 Å². The van der Waals surface area contributed by atoms with Crippen molar-refractivity contribution < 1.29 is 9.53 Å². The number of carbonyl (C=O) groups excluding carboxylic acids is 1. The molecule has 0 aromatic heterocycles. The minimum absolute atomic E-state index is 0.00525. The lowest BCUT2D eigenvalue weighted by Crippen LogP contribution is -2.54. The number of hydrogen-bond donors (Lipinski definition) is 0. The maximum absolute atomic E-state index is 11.1. The molecule has 0 aromatic rings. The number of nitrogens with zero attached hydrogens (tertiary/aromatic N) is 1. The minimum Gasteiger partial charge on any atom is -0.375 e. The third-order valence-electron chi connectivity index (χ3n) is 2.54. The van der Waals surface area contributed by atoms with Crippen LogP contribution in [0.1, 0.15) is 27.2 Å². The number of ether oxygens (including phenoxy) is 1. The molecule has 0 aromatic carbocycles. The summed E-state index contributed by atoms with van der Waals surface area (Å²) in [5.41, 5.74) is 0.320. The van der Waals surface area contributed by atoms with E-state index in [1.807, 2.05) is 0 Å². The van der Waals surface area contributed by atoms with Crippen molar-refractivity contribution >= 4 is 5.91 Å². The second kappa shape index (κ2) is 4.79. The van der Waals surface area contributed by atoms with E-state index in [1.165, 1.54) is 6.08 Å². The SMILES string of the molecule is C=CC(=O)N1CC(OCCC(C)(C)C)C1. The molecule has 0 atom stereocenters. The highest BCUT2D eigenvalue weighted by Gasteiger charge is 2.29. The zero-order chi connectivity index (χ0) is 11.5. The smallest absolute Gasteiger partial charge is 0.246 e. The molecule has 1 aliphatic rings. The molecule has 1 heterocycles. The molecule has 0 N–H and O–H groups in total.